The maximum absolute atomic E-state index is 11.2. The molecule has 1 aromatic heterocycles. The van der Waals surface area contributed by atoms with Gasteiger partial charge in [0.25, 0.3) is 0 Å². The van der Waals surface area contributed by atoms with Crippen molar-refractivity contribution < 1.29 is 14.6 Å². The summed E-state index contributed by atoms with van der Waals surface area (Å²) in [5, 5.41) is 14.2. The van der Waals surface area contributed by atoms with Gasteiger partial charge in [-0.3, -0.25) is 0 Å². The van der Waals surface area contributed by atoms with Crippen molar-refractivity contribution in [3.05, 3.63) is 59.5 Å². The average Bonchev–Trinajstić information content (AvgIpc) is 3.20. The Hall–Kier alpha value is -1.31. The summed E-state index contributed by atoms with van der Waals surface area (Å²) < 4.78 is 11.9. The molecule has 1 N–H and O–H groups in total. The minimum atomic E-state index is -2.51. The average molecular weight is 479 g/mol. The van der Waals surface area contributed by atoms with Crippen molar-refractivity contribution in [1.29, 1.82) is 0 Å². The van der Waals surface area contributed by atoms with E-state index in [9.17, 15) is 4.79 Å². The first-order chi connectivity index (χ1) is 12.0. The van der Waals surface area contributed by atoms with Gasteiger partial charge >= 0.3 is 163 Å². The molecule has 25 heavy (non-hydrogen) atoms. The Morgan fingerprint density at radius 2 is 2.28 bits per heavy atom. The van der Waals surface area contributed by atoms with Crippen LogP contribution in [0.5, 0.6) is 0 Å². The van der Waals surface area contributed by atoms with Gasteiger partial charge in [-0.25, -0.2) is 0 Å². The number of nitrogens with zero attached hydrogens (tertiary/aromatic N) is 2. The first kappa shape index (κ1) is 18.5. The van der Waals surface area contributed by atoms with Gasteiger partial charge in [0, 0.05) is 0 Å². The van der Waals surface area contributed by atoms with Gasteiger partial charge in [0.15, 0.2) is 0 Å². The second-order valence-electron chi connectivity index (χ2n) is 5.45. The summed E-state index contributed by atoms with van der Waals surface area (Å²) in [5.41, 5.74) is 0.256. The van der Waals surface area contributed by atoms with Crippen LogP contribution in [0.1, 0.15) is 17.3 Å². The quantitative estimate of drug-likeness (QED) is 0.691. The second-order valence-corrected chi connectivity index (χ2v) is 14.0. The fourth-order valence-electron chi connectivity index (χ4n) is 2.65. The number of aryl methyl sites for hydroxylation is 1. The van der Waals surface area contributed by atoms with Crippen molar-refractivity contribution in [2.75, 3.05) is 7.11 Å². The van der Waals surface area contributed by atoms with Crippen LogP contribution in [-0.2, 0) is 11.3 Å². The number of hydrogen-bond acceptors (Lipinski definition) is 4. The van der Waals surface area contributed by atoms with E-state index in [0.717, 1.165) is 19.9 Å². The predicted octanol–water partition coefficient (Wildman–Crippen LogP) is 3.17. The molecular formula is C17H16ClInN2O3S. The van der Waals surface area contributed by atoms with Crippen molar-refractivity contribution in [3.63, 3.8) is 0 Å². The summed E-state index contributed by atoms with van der Waals surface area (Å²) in [4.78, 5) is 12.9. The summed E-state index contributed by atoms with van der Waals surface area (Å²) in [6, 6.07) is 6.83. The Bertz CT molecular complexity index is 878. The molecule has 1 aromatic carbocycles. The number of halogens is 1. The molecule has 0 amide bonds. The first-order valence-corrected chi connectivity index (χ1v) is 14.1. The molecular weight excluding hydrogens is 463 g/mol. The van der Waals surface area contributed by atoms with Crippen LogP contribution in [0.2, 0.25) is 0 Å². The number of thioether (sulfide) groups is 1. The Balaban J connectivity index is 1.93. The maximum atomic E-state index is 11.2. The molecule has 0 saturated carbocycles. The molecule has 0 spiro atoms. The van der Waals surface area contributed by atoms with Gasteiger partial charge in [0.1, 0.15) is 0 Å². The molecule has 128 valence electrons. The van der Waals surface area contributed by atoms with E-state index in [1.807, 2.05) is 23.9 Å². The van der Waals surface area contributed by atoms with E-state index >= 15 is 0 Å². The Morgan fingerprint density at radius 1 is 1.48 bits per heavy atom. The van der Waals surface area contributed by atoms with Gasteiger partial charge < -0.3 is 0 Å². The van der Waals surface area contributed by atoms with Crippen molar-refractivity contribution in [2.24, 2.45) is 0 Å². The Morgan fingerprint density at radius 3 is 2.92 bits per heavy atom. The molecule has 2 heterocycles. The van der Waals surface area contributed by atoms with E-state index in [1.165, 1.54) is 15.1 Å². The molecule has 0 radical (unpaired) electrons. The molecule has 5 nitrogen and oxygen atoms in total. The zero-order valence-corrected chi connectivity index (χ0v) is 18.6. The number of benzene rings is 1. The van der Waals surface area contributed by atoms with Crippen LogP contribution in [0.4, 0.5) is 0 Å². The SMILES string of the molecule is CCn1c[c]([In]2[CH]=C(Cl)C(Sc3cccc(C(=O)O)c3)=[C]2OC)cn1. The number of carbonyl (C=O) groups is 1. The van der Waals surface area contributed by atoms with Crippen LogP contribution in [-0.4, -0.2) is 49.4 Å². The van der Waals surface area contributed by atoms with Gasteiger partial charge in [-0.15, -0.1) is 0 Å². The third-order valence-electron chi connectivity index (χ3n) is 3.89. The van der Waals surface area contributed by atoms with E-state index in [1.54, 1.807) is 25.3 Å². The van der Waals surface area contributed by atoms with Crippen LogP contribution in [0, 0.1) is 0 Å². The van der Waals surface area contributed by atoms with Crippen molar-refractivity contribution in [2.45, 2.75) is 18.4 Å². The van der Waals surface area contributed by atoms with E-state index in [2.05, 4.69) is 15.1 Å². The number of ether oxygens (including phenoxy) is 1. The molecule has 1 aliphatic rings. The molecule has 0 aliphatic carbocycles. The fraction of sp³-hybridized carbons (Fsp3) is 0.176. The molecule has 0 unspecified atom stereocenters. The van der Waals surface area contributed by atoms with Crippen molar-refractivity contribution in [3.8, 4) is 0 Å². The summed E-state index contributed by atoms with van der Waals surface area (Å²) in [6.07, 6.45) is 3.97. The predicted molar refractivity (Wildman–Crippen MR) is 101 cm³/mol. The van der Waals surface area contributed by atoms with Gasteiger partial charge in [-0.1, -0.05) is 0 Å². The third-order valence-corrected chi connectivity index (χ3v) is 14.5. The van der Waals surface area contributed by atoms with Gasteiger partial charge in [-0.2, -0.15) is 0 Å². The Kier molecular flexibility index (Phi) is 5.86. The summed E-state index contributed by atoms with van der Waals surface area (Å²) in [5.74, 6) is -0.944. The van der Waals surface area contributed by atoms with Crippen molar-refractivity contribution in [1.82, 2.24) is 9.78 Å². The van der Waals surface area contributed by atoms with Crippen LogP contribution in [0.25, 0.3) is 0 Å². The molecule has 2 aromatic rings. The number of allylic oxidation sites excluding steroid dienone is 1. The van der Waals surface area contributed by atoms with E-state index in [0.29, 0.717) is 5.03 Å². The van der Waals surface area contributed by atoms with Gasteiger partial charge in [0.2, 0.25) is 0 Å². The minimum absolute atomic E-state index is 0.256. The molecule has 0 atom stereocenters. The fourth-order valence-corrected chi connectivity index (χ4v) is 13.3. The Labute approximate surface area is 162 Å². The van der Waals surface area contributed by atoms with Crippen LogP contribution in [0.3, 0.4) is 0 Å². The molecule has 0 bridgehead atoms. The monoisotopic (exact) mass is 478 g/mol. The van der Waals surface area contributed by atoms with Gasteiger partial charge in [-0.05, 0) is 0 Å². The summed E-state index contributed by atoms with van der Waals surface area (Å²) >= 11 is 5.44. The topological polar surface area (TPSA) is 64.4 Å². The van der Waals surface area contributed by atoms with E-state index in [-0.39, 0.29) is 5.56 Å². The molecule has 0 fully saturated rings. The third kappa shape index (κ3) is 3.93. The van der Waals surface area contributed by atoms with Crippen LogP contribution >= 0.6 is 23.4 Å². The van der Waals surface area contributed by atoms with Crippen molar-refractivity contribution >= 4 is 54.1 Å². The first-order valence-electron chi connectivity index (χ1n) is 7.73. The molecule has 1 aliphatic heterocycles. The van der Waals surface area contributed by atoms with Crippen LogP contribution < -0.4 is 3.32 Å². The summed E-state index contributed by atoms with van der Waals surface area (Å²) in [7, 11) is 1.67. The number of aromatic carboxylic acids is 1. The second kappa shape index (κ2) is 7.93. The van der Waals surface area contributed by atoms with E-state index in [4.69, 9.17) is 21.4 Å². The number of methoxy groups -OCH3 is 1. The van der Waals surface area contributed by atoms with Gasteiger partial charge in [0.05, 0.1) is 0 Å². The zero-order valence-electron chi connectivity index (χ0n) is 13.8. The number of hydrogen-bond donors (Lipinski definition) is 1. The summed E-state index contributed by atoms with van der Waals surface area (Å²) in [6.45, 7) is 2.87. The molecule has 8 heteroatoms. The zero-order chi connectivity index (χ0) is 18.0. The number of carboxylic acids is 1. The number of rotatable bonds is 6. The van der Waals surface area contributed by atoms with E-state index < -0.39 is 27.4 Å². The molecule has 0 saturated heterocycles. The normalized spacial score (nSPS) is 14.0. The van der Waals surface area contributed by atoms with Crippen LogP contribution in [0.15, 0.2) is 58.8 Å². The molecule has 3 rings (SSSR count). The number of aromatic nitrogens is 2. The number of carboxylic acid groups (broad SMARTS) is 1. The standard InChI is InChI=1S/C12H9ClO3S.C5H7N2.In/c1-8(13)11(7-16-2)17-10-5-3-4-9(6-10)12(14)15;1-2-7-5-3-4-6-7;/h1,3-6H,2H3,(H,14,15);4-5H,2H2,1H3;.